The number of esters is 1. The fraction of sp³-hybridized carbons (Fsp3) is 0.909. The molecule has 0 aromatic carbocycles. The number of hydrogen-bond acceptors (Lipinski definition) is 3. The van der Waals surface area contributed by atoms with Crippen LogP contribution >= 0.6 is 0 Å². The predicted octanol–water partition coefficient (Wildman–Crippen LogP) is 2.53. The van der Waals surface area contributed by atoms with Gasteiger partial charge in [0.15, 0.2) is 6.10 Å². The van der Waals surface area contributed by atoms with Crippen molar-refractivity contribution in [3.63, 3.8) is 0 Å². The number of methoxy groups -OCH3 is 1. The smallest absolute Gasteiger partial charge is 0.334 e. The van der Waals surface area contributed by atoms with Crippen molar-refractivity contribution in [2.45, 2.75) is 58.7 Å². The van der Waals surface area contributed by atoms with Crippen molar-refractivity contribution >= 4 is 5.97 Å². The maximum absolute atomic E-state index is 11.3. The molecule has 0 heterocycles. The number of unbranched alkanes of at least 4 members (excludes halogenated alkanes) is 1. The molecule has 3 heteroatoms. The monoisotopic (exact) mass is 202 g/mol. The van der Waals surface area contributed by atoms with Crippen LogP contribution in [0.2, 0.25) is 0 Å². The Morgan fingerprint density at radius 3 is 2.29 bits per heavy atom. The largest absolute Gasteiger partial charge is 0.467 e. The Kier molecular flexibility index (Phi) is 5.77. The molecule has 14 heavy (non-hydrogen) atoms. The number of carbonyl (C=O) groups is 1. The van der Waals surface area contributed by atoms with Crippen molar-refractivity contribution in [1.29, 1.82) is 0 Å². The zero-order valence-electron chi connectivity index (χ0n) is 9.92. The van der Waals surface area contributed by atoms with E-state index in [-0.39, 0.29) is 11.6 Å². The van der Waals surface area contributed by atoms with Gasteiger partial charge in [-0.05, 0) is 27.2 Å². The minimum Gasteiger partial charge on any atom is -0.467 e. The lowest BCUT2D eigenvalue weighted by molar-refractivity contribution is -0.164. The summed E-state index contributed by atoms with van der Waals surface area (Å²) in [6, 6.07) is 0. The molecule has 0 radical (unpaired) electrons. The highest BCUT2D eigenvalue weighted by molar-refractivity contribution is 5.74. The fourth-order valence-corrected chi connectivity index (χ4v) is 1.17. The number of ether oxygens (including phenoxy) is 2. The van der Waals surface area contributed by atoms with Gasteiger partial charge in [0.1, 0.15) is 0 Å². The van der Waals surface area contributed by atoms with E-state index in [1.807, 2.05) is 20.8 Å². The highest BCUT2D eigenvalue weighted by Gasteiger charge is 2.25. The first-order valence-corrected chi connectivity index (χ1v) is 5.16. The molecule has 1 unspecified atom stereocenters. The minimum atomic E-state index is -0.417. The van der Waals surface area contributed by atoms with Gasteiger partial charge in [-0.15, -0.1) is 0 Å². The second-order valence-corrected chi connectivity index (χ2v) is 4.38. The van der Waals surface area contributed by atoms with Crippen molar-refractivity contribution in [2.75, 3.05) is 7.11 Å². The summed E-state index contributed by atoms with van der Waals surface area (Å²) < 4.78 is 10.3. The van der Waals surface area contributed by atoms with Crippen LogP contribution in [-0.2, 0) is 14.3 Å². The van der Waals surface area contributed by atoms with Crippen LogP contribution in [0.1, 0.15) is 47.0 Å². The average molecular weight is 202 g/mol. The molecule has 0 saturated carbocycles. The summed E-state index contributed by atoms with van der Waals surface area (Å²) in [6.07, 6.45) is 2.36. The topological polar surface area (TPSA) is 35.5 Å². The quantitative estimate of drug-likeness (QED) is 0.643. The summed E-state index contributed by atoms with van der Waals surface area (Å²) in [5, 5.41) is 0. The van der Waals surface area contributed by atoms with Gasteiger partial charge < -0.3 is 9.47 Å². The first-order chi connectivity index (χ1) is 6.40. The van der Waals surface area contributed by atoms with Crippen LogP contribution in [0, 0.1) is 0 Å². The van der Waals surface area contributed by atoms with Crippen LogP contribution in [-0.4, -0.2) is 24.8 Å². The average Bonchev–Trinajstić information content (AvgIpc) is 2.09. The van der Waals surface area contributed by atoms with Gasteiger partial charge in [0.25, 0.3) is 0 Å². The van der Waals surface area contributed by atoms with E-state index in [0.29, 0.717) is 0 Å². The van der Waals surface area contributed by atoms with Crippen LogP contribution in [0.25, 0.3) is 0 Å². The second-order valence-electron chi connectivity index (χ2n) is 4.38. The van der Waals surface area contributed by atoms with Crippen molar-refractivity contribution in [1.82, 2.24) is 0 Å². The van der Waals surface area contributed by atoms with E-state index < -0.39 is 6.10 Å². The summed E-state index contributed by atoms with van der Waals surface area (Å²) in [7, 11) is 1.40. The predicted molar refractivity (Wildman–Crippen MR) is 56.2 cm³/mol. The molecule has 0 amide bonds. The Hall–Kier alpha value is -0.570. The van der Waals surface area contributed by atoms with Gasteiger partial charge in [0.05, 0.1) is 12.7 Å². The summed E-state index contributed by atoms with van der Waals surface area (Å²) in [5.41, 5.74) is -0.299. The van der Waals surface area contributed by atoms with Gasteiger partial charge >= 0.3 is 5.97 Å². The Balaban J connectivity index is 4.18. The highest BCUT2D eigenvalue weighted by Crippen LogP contribution is 2.16. The van der Waals surface area contributed by atoms with Crippen LogP contribution in [0.15, 0.2) is 0 Å². The lowest BCUT2D eigenvalue weighted by atomic mass is 10.1. The van der Waals surface area contributed by atoms with E-state index in [9.17, 15) is 4.79 Å². The molecule has 0 rings (SSSR count). The Morgan fingerprint density at radius 2 is 1.93 bits per heavy atom. The second kappa shape index (κ2) is 6.02. The molecule has 0 aliphatic rings. The normalized spacial score (nSPS) is 13.8. The van der Waals surface area contributed by atoms with E-state index >= 15 is 0 Å². The lowest BCUT2D eigenvalue weighted by Crippen LogP contribution is -2.34. The fourth-order valence-electron chi connectivity index (χ4n) is 1.17. The maximum Gasteiger partial charge on any atom is 0.334 e. The van der Waals surface area contributed by atoms with E-state index in [2.05, 4.69) is 6.92 Å². The molecule has 0 fully saturated rings. The molecule has 0 aromatic heterocycles. The van der Waals surface area contributed by atoms with Crippen molar-refractivity contribution in [3.05, 3.63) is 0 Å². The molecule has 3 nitrogen and oxygen atoms in total. The van der Waals surface area contributed by atoms with Crippen LogP contribution in [0.4, 0.5) is 0 Å². The van der Waals surface area contributed by atoms with Crippen molar-refractivity contribution < 1.29 is 14.3 Å². The van der Waals surface area contributed by atoms with Gasteiger partial charge in [-0.3, -0.25) is 0 Å². The van der Waals surface area contributed by atoms with E-state index in [4.69, 9.17) is 9.47 Å². The standard InChI is InChI=1S/C11H22O3/c1-6-7-8-9(10(12)13-5)14-11(2,3)4/h9H,6-8H2,1-5H3. The minimum absolute atomic E-state index is 0.270. The number of carbonyl (C=O) groups excluding carboxylic acids is 1. The summed E-state index contributed by atoms with van der Waals surface area (Å²) in [4.78, 5) is 11.3. The number of rotatable bonds is 5. The third-order valence-electron chi connectivity index (χ3n) is 1.78. The van der Waals surface area contributed by atoms with E-state index in [1.54, 1.807) is 0 Å². The molecule has 0 aliphatic carbocycles. The molecule has 0 saturated heterocycles. The molecule has 0 bridgehead atoms. The van der Waals surface area contributed by atoms with Crippen LogP contribution in [0.5, 0.6) is 0 Å². The Labute approximate surface area is 86.8 Å². The van der Waals surface area contributed by atoms with Crippen LogP contribution in [0.3, 0.4) is 0 Å². The molecule has 84 valence electrons. The third-order valence-corrected chi connectivity index (χ3v) is 1.78. The Bertz CT molecular complexity index is 170. The molecule has 0 aromatic rings. The number of hydrogen-bond donors (Lipinski definition) is 0. The molecule has 0 N–H and O–H groups in total. The summed E-state index contributed by atoms with van der Waals surface area (Å²) >= 11 is 0. The molecular formula is C11H22O3. The van der Waals surface area contributed by atoms with Gasteiger partial charge in [-0.25, -0.2) is 4.79 Å². The Morgan fingerprint density at radius 1 is 1.36 bits per heavy atom. The van der Waals surface area contributed by atoms with Gasteiger partial charge in [-0.1, -0.05) is 19.8 Å². The highest BCUT2D eigenvalue weighted by atomic mass is 16.6. The third kappa shape index (κ3) is 5.97. The summed E-state index contributed by atoms with van der Waals surface area (Å²) in [6.45, 7) is 7.91. The van der Waals surface area contributed by atoms with Gasteiger partial charge in [-0.2, -0.15) is 0 Å². The van der Waals surface area contributed by atoms with Crippen molar-refractivity contribution in [3.8, 4) is 0 Å². The molecule has 0 spiro atoms. The first-order valence-electron chi connectivity index (χ1n) is 5.16. The van der Waals surface area contributed by atoms with E-state index in [0.717, 1.165) is 19.3 Å². The molecular weight excluding hydrogens is 180 g/mol. The van der Waals surface area contributed by atoms with E-state index in [1.165, 1.54) is 7.11 Å². The van der Waals surface area contributed by atoms with Crippen LogP contribution < -0.4 is 0 Å². The van der Waals surface area contributed by atoms with Gasteiger partial charge in [0, 0.05) is 0 Å². The molecule has 1 atom stereocenters. The maximum atomic E-state index is 11.3. The zero-order chi connectivity index (χ0) is 11.2. The van der Waals surface area contributed by atoms with Crippen molar-refractivity contribution in [2.24, 2.45) is 0 Å². The lowest BCUT2D eigenvalue weighted by Gasteiger charge is -2.25. The first kappa shape index (κ1) is 13.4. The SMILES string of the molecule is CCCCC(OC(C)(C)C)C(=O)OC. The van der Waals surface area contributed by atoms with Gasteiger partial charge in [0.2, 0.25) is 0 Å². The zero-order valence-corrected chi connectivity index (χ0v) is 9.92. The molecule has 0 aliphatic heterocycles. The summed E-state index contributed by atoms with van der Waals surface area (Å²) in [5.74, 6) is -0.270.